The molecular weight excluding hydrogens is 351 g/mol. The highest BCUT2D eigenvalue weighted by atomic mass is 15.0. The van der Waals surface area contributed by atoms with Crippen molar-refractivity contribution in [2.45, 2.75) is 6.92 Å². The van der Waals surface area contributed by atoms with Crippen LogP contribution in [0.4, 0.5) is 0 Å². The topological polar surface area (TPSA) is 28.7 Å². The monoisotopic (exact) mass is 370 g/mol. The van der Waals surface area contributed by atoms with Gasteiger partial charge < -0.3 is 4.57 Å². The lowest BCUT2D eigenvalue weighted by Gasteiger charge is -2.26. The molecule has 0 radical (unpaired) electrons. The summed E-state index contributed by atoms with van der Waals surface area (Å²) in [6.07, 6.45) is 3.95. The molecule has 0 atom stereocenters. The number of benzene rings is 3. The molecule has 2 heterocycles. The van der Waals surface area contributed by atoms with Crippen molar-refractivity contribution in [2.75, 3.05) is 0 Å². The van der Waals surface area contributed by atoms with E-state index in [4.69, 9.17) is 0 Å². The van der Waals surface area contributed by atoms with Gasteiger partial charge in [0, 0.05) is 21.6 Å². The minimum Gasteiger partial charge on any atom is -0.311 e. The summed E-state index contributed by atoms with van der Waals surface area (Å²) < 4.78 is 2.32. The SMILES string of the molecule is C=C/C=c1\c2n(c3ccccc13)-c1cc(C#N)ccc1B(c1ccccc1)C=2C. The molecule has 5 rings (SSSR count). The Balaban J connectivity index is 2.04. The van der Waals surface area contributed by atoms with Crippen LogP contribution in [0.1, 0.15) is 12.5 Å². The van der Waals surface area contributed by atoms with Crippen LogP contribution in [0.3, 0.4) is 0 Å². The average Bonchev–Trinajstić information content (AvgIpc) is 3.10. The van der Waals surface area contributed by atoms with Gasteiger partial charge in [-0.2, -0.15) is 5.26 Å². The first-order chi connectivity index (χ1) is 14.2. The van der Waals surface area contributed by atoms with Crippen LogP contribution in [0.2, 0.25) is 0 Å². The van der Waals surface area contributed by atoms with E-state index in [2.05, 4.69) is 90.9 Å². The molecule has 4 aromatic rings. The molecule has 1 aromatic heterocycles. The van der Waals surface area contributed by atoms with Gasteiger partial charge in [0.15, 0.2) is 0 Å². The molecule has 0 spiro atoms. The first-order valence-electron chi connectivity index (χ1n) is 9.77. The maximum absolute atomic E-state index is 9.54. The highest BCUT2D eigenvalue weighted by Gasteiger charge is 2.31. The molecule has 0 N–H and O–H groups in total. The van der Waals surface area contributed by atoms with Gasteiger partial charge in [-0.3, -0.25) is 0 Å². The molecule has 0 aliphatic carbocycles. The fraction of sp³-hybridized carbons (Fsp3) is 0.0385. The van der Waals surface area contributed by atoms with E-state index in [1.165, 1.54) is 32.4 Å². The number of nitriles is 1. The highest BCUT2D eigenvalue weighted by molar-refractivity contribution is 6.99. The van der Waals surface area contributed by atoms with E-state index in [9.17, 15) is 5.26 Å². The number of para-hydroxylation sites is 1. The Labute approximate surface area is 170 Å². The van der Waals surface area contributed by atoms with Crippen LogP contribution in [0.15, 0.2) is 85.5 Å². The van der Waals surface area contributed by atoms with Crippen LogP contribution in [-0.2, 0) is 0 Å². The Morgan fingerprint density at radius 1 is 1.00 bits per heavy atom. The van der Waals surface area contributed by atoms with Crippen molar-refractivity contribution in [3.8, 4) is 11.8 Å². The zero-order valence-electron chi connectivity index (χ0n) is 16.3. The largest absolute Gasteiger partial charge is 0.311 e. The lowest BCUT2D eigenvalue weighted by atomic mass is 9.35. The Hall–Kier alpha value is -3.77. The Kier molecular flexibility index (Phi) is 4.00. The number of aromatic nitrogens is 1. The van der Waals surface area contributed by atoms with Crippen molar-refractivity contribution in [3.05, 3.63) is 102 Å². The van der Waals surface area contributed by atoms with E-state index in [1.807, 2.05) is 18.2 Å². The van der Waals surface area contributed by atoms with Crippen molar-refractivity contribution in [1.82, 2.24) is 4.57 Å². The smallest absolute Gasteiger partial charge is 0.241 e. The summed E-state index contributed by atoms with van der Waals surface area (Å²) in [5.74, 6) is 0. The fourth-order valence-electron chi connectivity index (χ4n) is 4.69. The van der Waals surface area contributed by atoms with E-state index >= 15 is 0 Å². The average molecular weight is 370 g/mol. The predicted molar refractivity (Wildman–Crippen MR) is 122 cm³/mol. The van der Waals surface area contributed by atoms with Crippen LogP contribution >= 0.6 is 0 Å². The van der Waals surface area contributed by atoms with Crippen LogP contribution in [0.5, 0.6) is 0 Å². The Bertz CT molecular complexity index is 1440. The van der Waals surface area contributed by atoms with Crippen LogP contribution in [-0.4, -0.2) is 11.3 Å². The molecular formula is C26H19BN2. The van der Waals surface area contributed by atoms with Gasteiger partial charge in [0.1, 0.15) is 0 Å². The molecule has 0 fully saturated rings. The molecule has 1 aliphatic heterocycles. The first kappa shape index (κ1) is 17.3. The van der Waals surface area contributed by atoms with E-state index < -0.39 is 0 Å². The van der Waals surface area contributed by atoms with E-state index in [0.29, 0.717) is 5.56 Å². The third kappa shape index (κ3) is 2.50. The lowest BCUT2D eigenvalue weighted by molar-refractivity contribution is 1.06. The summed E-state index contributed by atoms with van der Waals surface area (Å²) in [4.78, 5) is 0. The van der Waals surface area contributed by atoms with Crippen molar-refractivity contribution in [2.24, 2.45) is 0 Å². The van der Waals surface area contributed by atoms with Crippen molar-refractivity contribution < 1.29 is 0 Å². The fourth-order valence-corrected chi connectivity index (χ4v) is 4.69. The minimum atomic E-state index is 0.146. The van der Waals surface area contributed by atoms with Crippen molar-refractivity contribution >= 4 is 40.1 Å². The molecule has 136 valence electrons. The standard InChI is InChI=1S/C26H19BN2/c1-3-9-22-21-12-7-8-13-24(21)29-25-16-19(17-28)14-15-23(25)27(18(2)26(22)29)20-10-5-4-6-11-20/h3-16H,1H2,2H3/b22-9-. The molecule has 1 aliphatic rings. The maximum Gasteiger partial charge on any atom is 0.241 e. The third-order valence-electron chi connectivity index (χ3n) is 5.85. The first-order valence-corrected chi connectivity index (χ1v) is 9.77. The van der Waals surface area contributed by atoms with Crippen molar-refractivity contribution in [1.29, 1.82) is 5.26 Å². The second kappa shape index (κ2) is 6.69. The zero-order valence-corrected chi connectivity index (χ0v) is 16.3. The molecule has 0 bridgehead atoms. The summed E-state index contributed by atoms with van der Waals surface area (Å²) in [6.45, 7) is 6.32. The third-order valence-corrected chi connectivity index (χ3v) is 5.85. The van der Waals surface area contributed by atoms with Gasteiger partial charge >= 0.3 is 0 Å². The van der Waals surface area contributed by atoms with Crippen molar-refractivity contribution in [3.63, 3.8) is 0 Å². The van der Waals surface area contributed by atoms with Gasteiger partial charge in [-0.1, -0.05) is 84.3 Å². The number of hydrogen-bond donors (Lipinski definition) is 0. The van der Waals surface area contributed by atoms with Crippen LogP contribution < -0.4 is 21.5 Å². The maximum atomic E-state index is 9.54. The van der Waals surface area contributed by atoms with E-state index in [1.54, 1.807) is 0 Å². The summed E-state index contributed by atoms with van der Waals surface area (Å²) in [5, 5.41) is 13.1. The summed E-state index contributed by atoms with van der Waals surface area (Å²) in [5.41, 5.74) is 6.70. The predicted octanol–water partition coefficient (Wildman–Crippen LogP) is 2.80. The highest BCUT2D eigenvalue weighted by Crippen LogP contribution is 2.20. The van der Waals surface area contributed by atoms with Gasteiger partial charge in [0.05, 0.1) is 17.1 Å². The molecule has 0 saturated carbocycles. The quantitative estimate of drug-likeness (QED) is 0.499. The molecule has 3 heteroatoms. The second-order valence-corrected chi connectivity index (χ2v) is 7.43. The summed E-state index contributed by atoms with van der Waals surface area (Å²) in [6, 6.07) is 27.4. The van der Waals surface area contributed by atoms with E-state index in [0.717, 1.165) is 11.2 Å². The summed E-state index contributed by atoms with van der Waals surface area (Å²) >= 11 is 0. The van der Waals surface area contributed by atoms with Gasteiger partial charge in [-0.05, 0) is 30.6 Å². The molecule has 0 unspecified atom stereocenters. The number of fused-ring (bicyclic) bond motifs is 5. The van der Waals surface area contributed by atoms with E-state index in [-0.39, 0.29) is 6.71 Å². The Morgan fingerprint density at radius 2 is 1.76 bits per heavy atom. The van der Waals surface area contributed by atoms with Gasteiger partial charge in [-0.15, -0.1) is 0 Å². The zero-order chi connectivity index (χ0) is 20.0. The number of nitrogens with zero attached hydrogens (tertiary/aromatic N) is 2. The van der Waals surface area contributed by atoms with Crippen LogP contribution in [0.25, 0.3) is 28.1 Å². The van der Waals surface area contributed by atoms with Gasteiger partial charge in [-0.25, -0.2) is 0 Å². The number of allylic oxidation sites excluding steroid dienone is 1. The molecule has 2 nitrogen and oxygen atoms in total. The molecule has 3 aromatic carbocycles. The van der Waals surface area contributed by atoms with Gasteiger partial charge in [0.25, 0.3) is 0 Å². The second-order valence-electron chi connectivity index (χ2n) is 7.43. The lowest BCUT2D eigenvalue weighted by Crippen LogP contribution is -2.53. The summed E-state index contributed by atoms with van der Waals surface area (Å²) in [7, 11) is 0. The Morgan fingerprint density at radius 3 is 2.52 bits per heavy atom. The van der Waals surface area contributed by atoms with Gasteiger partial charge in [0.2, 0.25) is 6.71 Å². The molecule has 29 heavy (non-hydrogen) atoms. The number of rotatable bonds is 2. The normalized spacial score (nSPS) is 13.2. The minimum absolute atomic E-state index is 0.146. The molecule has 0 saturated heterocycles. The number of hydrogen-bond acceptors (Lipinski definition) is 1. The molecule has 0 amide bonds. The van der Waals surface area contributed by atoms with Crippen LogP contribution in [0, 0.1) is 11.3 Å².